The van der Waals surface area contributed by atoms with E-state index in [1.54, 1.807) is 6.92 Å². The first kappa shape index (κ1) is 48.3. The summed E-state index contributed by atoms with van der Waals surface area (Å²) in [4.78, 5) is 40.3. The van der Waals surface area contributed by atoms with Gasteiger partial charge in [0.1, 0.15) is 11.8 Å². The molecule has 2 amide bonds. The third-order valence-electron chi connectivity index (χ3n) is 16.5. The lowest BCUT2D eigenvalue weighted by atomic mass is 9.72. The number of amides is 2. The van der Waals surface area contributed by atoms with E-state index in [9.17, 15) is 29.7 Å². The monoisotopic (exact) mass is 861 g/mol. The van der Waals surface area contributed by atoms with E-state index in [0.717, 1.165) is 32.1 Å². The van der Waals surface area contributed by atoms with Crippen molar-refractivity contribution in [3.8, 4) is 0 Å². The molecule has 6 aliphatic rings. The number of carbonyl (C=O) groups excluding carboxylic acids is 2. The lowest BCUT2D eigenvalue weighted by Gasteiger charge is -2.55. The number of aliphatic carboxylic acids is 1. The summed E-state index contributed by atoms with van der Waals surface area (Å²) in [6.45, 7) is 19.8. The van der Waals surface area contributed by atoms with Gasteiger partial charge in [0.05, 0.1) is 53.7 Å². The number of rotatable bonds is 14. The van der Waals surface area contributed by atoms with Crippen molar-refractivity contribution in [1.82, 2.24) is 10.6 Å². The average Bonchev–Trinajstić information content (AvgIpc) is 3.86. The van der Waals surface area contributed by atoms with E-state index >= 15 is 0 Å². The molecule has 13 heteroatoms. The van der Waals surface area contributed by atoms with Crippen molar-refractivity contribution in [2.24, 2.45) is 41.4 Å². The Bertz CT molecular complexity index is 1570. The van der Waals surface area contributed by atoms with Gasteiger partial charge < -0.3 is 49.6 Å². The van der Waals surface area contributed by atoms with Gasteiger partial charge in [-0.25, -0.2) is 4.79 Å². The molecule has 1 saturated carbocycles. The predicted octanol–water partition coefficient (Wildman–Crippen LogP) is 7.44. The van der Waals surface area contributed by atoms with Crippen molar-refractivity contribution in [2.75, 3.05) is 0 Å². The highest BCUT2D eigenvalue weighted by Crippen LogP contribution is 2.54. The number of nitrogens with one attached hydrogen (secondary N) is 2. The highest BCUT2D eigenvalue weighted by molar-refractivity contribution is 5.84. The predicted molar refractivity (Wildman–Crippen MR) is 230 cm³/mol. The molecular formula is C48H80N2O11. The number of carboxylic acids is 1. The number of ketones is 1. The number of carbonyl (C=O) groups is 3. The molecular weight excluding hydrogens is 781 g/mol. The van der Waals surface area contributed by atoms with Crippen LogP contribution in [0.15, 0.2) is 12.2 Å². The summed E-state index contributed by atoms with van der Waals surface area (Å²) in [6, 6.07) is -0.792. The lowest BCUT2D eigenvalue weighted by Crippen LogP contribution is -2.66. The van der Waals surface area contributed by atoms with Gasteiger partial charge in [-0.1, -0.05) is 74.3 Å². The van der Waals surface area contributed by atoms with E-state index in [1.165, 1.54) is 0 Å². The Labute approximate surface area is 365 Å². The summed E-state index contributed by atoms with van der Waals surface area (Å²) >= 11 is 0. The zero-order valence-electron chi connectivity index (χ0n) is 38.8. The number of hydrogen-bond acceptors (Lipinski definition) is 10. The minimum absolute atomic E-state index is 0.00839. The fourth-order valence-corrected chi connectivity index (χ4v) is 12.1. The fraction of sp³-hybridized carbons (Fsp3) is 0.896. The summed E-state index contributed by atoms with van der Waals surface area (Å²) in [5, 5.41) is 39.3. The first-order valence-corrected chi connectivity index (χ1v) is 24.1. The zero-order chi connectivity index (χ0) is 44.7. The van der Waals surface area contributed by atoms with Gasteiger partial charge in [-0.2, -0.15) is 0 Å². The van der Waals surface area contributed by atoms with Crippen molar-refractivity contribution in [3.05, 3.63) is 12.2 Å². The lowest BCUT2D eigenvalue weighted by molar-refractivity contribution is -0.397. The summed E-state index contributed by atoms with van der Waals surface area (Å²) in [7, 11) is 0. The van der Waals surface area contributed by atoms with Gasteiger partial charge in [0.15, 0.2) is 11.6 Å². The van der Waals surface area contributed by atoms with E-state index in [-0.39, 0.29) is 53.9 Å². The van der Waals surface area contributed by atoms with Gasteiger partial charge in [0.2, 0.25) is 0 Å². The maximum absolute atomic E-state index is 14.7. The number of ether oxygens (including phenoxy) is 5. The maximum Gasteiger partial charge on any atom is 0.315 e. The number of aliphatic hydroxyl groups excluding tert-OH is 1. The van der Waals surface area contributed by atoms with Crippen LogP contribution in [0.3, 0.4) is 0 Å². The number of hydrogen-bond donors (Lipinski definition) is 5. The van der Waals surface area contributed by atoms with Gasteiger partial charge >= 0.3 is 12.0 Å². The van der Waals surface area contributed by atoms with Crippen molar-refractivity contribution < 1.29 is 53.4 Å². The van der Waals surface area contributed by atoms with Crippen LogP contribution in [-0.2, 0) is 33.3 Å². The Balaban J connectivity index is 1.23. The van der Waals surface area contributed by atoms with Crippen LogP contribution in [0.1, 0.15) is 159 Å². The molecule has 2 spiro atoms. The first-order chi connectivity index (χ1) is 28.8. The summed E-state index contributed by atoms with van der Waals surface area (Å²) < 4.78 is 34.6. The molecule has 0 radical (unpaired) electrons. The quantitative estimate of drug-likeness (QED) is 0.110. The Morgan fingerprint density at radius 3 is 2.15 bits per heavy atom. The Hall–Kier alpha value is -2.13. The minimum atomic E-state index is -1.31. The highest BCUT2D eigenvalue weighted by Gasteiger charge is 2.63. The summed E-state index contributed by atoms with van der Waals surface area (Å²) in [5.74, 6) is -5.87. The largest absolute Gasteiger partial charge is 0.481 e. The smallest absolute Gasteiger partial charge is 0.315 e. The van der Waals surface area contributed by atoms with Crippen LogP contribution < -0.4 is 10.6 Å². The Morgan fingerprint density at radius 1 is 0.836 bits per heavy atom. The van der Waals surface area contributed by atoms with E-state index in [0.29, 0.717) is 57.8 Å². The van der Waals surface area contributed by atoms with Crippen LogP contribution >= 0.6 is 0 Å². The number of carboxylic acid groups (broad SMARTS) is 1. The van der Waals surface area contributed by atoms with Gasteiger partial charge in [0.25, 0.3) is 0 Å². The Morgan fingerprint density at radius 2 is 1.52 bits per heavy atom. The summed E-state index contributed by atoms with van der Waals surface area (Å²) in [6.07, 6.45) is 10.8. The minimum Gasteiger partial charge on any atom is -0.481 e. The standard InChI is InChI=1S/C48H80N2O11/c1-11-34(43(53)54)36-19-18-27(4)41(58-36)31(8)39(51)30(7)40(52)35(12-2)42-28(5)26-29(6)47(59-42)23-20-37(50-44(55)49-33-16-14-15-17-33)48(61-47)25-24-45(10,60-48)38-21-22-46(56,13-3)32(9)57-38/h20,23,27-39,41-42,51,56H,11-19,21-22,24-26H2,1-10H3,(H,53,54)(H2,49,50,55)/t27-,28-,29+,30-,31-,32-,34+,35-,36+,37+,38+,39+,41+,42-,45-,46+,47-,48-/m0/s1. The molecule has 13 nitrogen and oxygen atoms in total. The molecule has 5 N–H and O–H groups in total. The van der Waals surface area contributed by atoms with Crippen LogP contribution in [0.25, 0.3) is 0 Å². The number of aliphatic hydroxyl groups is 2. The second-order valence-electron chi connectivity index (χ2n) is 20.5. The van der Waals surface area contributed by atoms with Crippen LogP contribution in [-0.4, -0.2) is 105 Å². The normalized spacial score (nSPS) is 43.1. The molecule has 6 rings (SSSR count). The average molecular weight is 861 g/mol. The number of urea groups is 1. The van der Waals surface area contributed by atoms with Crippen molar-refractivity contribution in [1.29, 1.82) is 0 Å². The van der Waals surface area contributed by atoms with Gasteiger partial charge in [-0.05, 0) is 102 Å². The summed E-state index contributed by atoms with van der Waals surface area (Å²) in [5.41, 5.74) is -1.68. The fourth-order valence-electron chi connectivity index (χ4n) is 12.1. The highest BCUT2D eigenvalue weighted by atomic mass is 16.8. The molecule has 0 aromatic carbocycles. The molecule has 0 unspecified atom stereocenters. The van der Waals surface area contributed by atoms with Crippen LogP contribution in [0.5, 0.6) is 0 Å². The molecule has 5 fully saturated rings. The molecule has 348 valence electrons. The third kappa shape index (κ3) is 9.64. The molecule has 0 aromatic rings. The first-order valence-electron chi connectivity index (χ1n) is 24.1. The van der Waals surface area contributed by atoms with Crippen molar-refractivity contribution in [3.63, 3.8) is 0 Å². The van der Waals surface area contributed by atoms with Crippen LogP contribution in [0.4, 0.5) is 4.79 Å². The van der Waals surface area contributed by atoms with Gasteiger partial charge in [-0.15, -0.1) is 0 Å². The van der Waals surface area contributed by atoms with Crippen molar-refractivity contribution in [2.45, 2.75) is 231 Å². The molecule has 5 heterocycles. The van der Waals surface area contributed by atoms with Crippen LogP contribution in [0, 0.1) is 41.4 Å². The second-order valence-corrected chi connectivity index (χ2v) is 20.5. The van der Waals surface area contributed by atoms with E-state index in [4.69, 9.17) is 23.7 Å². The number of Topliss-reactive ketones (excluding diaryl/α,β-unsaturated/α-hetero) is 1. The maximum atomic E-state index is 14.7. The molecule has 5 aliphatic heterocycles. The molecule has 0 bridgehead atoms. The molecule has 18 atom stereocenters. The molecule has 1 aliphatic carbocycles. The topological polar surface area (TPSA) is 182 Å². The van der Waals surface area contributed by atoms with E-state index < -0.39 is 76.8 Å². The van der Waals surface area contributed by atoms with E-state index in [2.05, 4.69) is 31.4 Å². The van der Waals surface area contributed by atoms with Crippen LogP contribution in [0.2, 0.25) is 0 Å². The van der Waals surface area contributed by atoms with E-state index in [1.807, 2.05) is 53.7 Å². The molecule has 4 saturated heterocycles. The third-order valence-corrected chi connectivity index (χ3v) is 16.5. The SMILES string of the molecule is CC[C@@H](C(=O)[C@@H](C)[C@@H](O)[C@H](C)[C@@H]1O[C@@H]([C@@H](CC)C(=O)O)CC[C@@H]1C)[C@H]1O[C@]2(C=C[C@@H](NC(=O)NC3CCCC3)[C@]3(CC[C@@](C)([C@H]4CC[C@](O)(CC)[C@H](C)O4)O3)O2)[C@H](C)C[C@@H]1C. The van der Waals surface area contributed by atoms with Crippen molar-refractivity contribution >= 4 is 17.8 Å². The molecule has 61 heavy (non-hydrogen) atoms. The van der Waals surface area contributed by atoms with Gasteiger partial charge in [0, 0.05) is 36.1 Å². The zero-order valence-corrected chi connectivity index (χ0v) is 38.8. The second kappa shape index (κ2) is 19.1. The molecule has 0 aromatic heterocycles. The van der Waals surface area contributed by atoms with Gasteiger partial charge in [-0.3, -0.25) is 9.59 Å². The Kier molecular flexibility index (Phi) is 15.2.